The lowest BCUT2D eigenvalue weighted by atomic mass is 9.97. The number of rotatable bonds is 5. The summed E-state index contributed by atoms with van der Waals surface area (Å²) in [5.41, 5.74) is 2.33. The van der Waals surface area contributed by atoms with Crippen LogP contribution in [0.1, 0.15) is 24.6 Å². The topological polar surface area (TPSA) is 86.0 Å². The molecule has 0 amide bonds. The van der Waals surface area contributed by atoms with Crippen molar-refractivity contribution in [3.63, 3.8) is 0 Å². The Hall–Kier alpha value is -2.47. The van der Waals surface area contributed by atoms with Gasteiger partial charge in [-0.1, -0.05) is 37.6 Å². The minimum Gasteiger partial charge on any atom is -0.478 e. The standard InChI is InChI=1S/C16H16N2O3S/c1-2-5-12-14(15(21)18-16(22)17-12)11-7-4-3-6-10(11)8-9-13(19)20/h3-4,6-9H,2,5H2,1H3,(H,19,20)(H2,17,18,21,22). The van der Waals surface area contributed by atoms with E-state index in [9.17, 15) is 9.59 Å². The van der Waals surface area contributed by atoms with Crippen molar-refractivity contribution in [2.24, 2.45) is 0 Å². The summed E-state index contributed by atoms with van der Waals surface area (Å²) in [5, 5.41) is 8.79. The van der Waals surface area contributed by atoms with Crippen LogP contribution in [0, 0.1) is 4.77 Å². The second-order valence-electron chi connectivity index (χ2n) is 4.77. The minimum atomic E-state index is -1.04. The molecule has 0 saturated heterocycles. The highest BCUT2D eigenvalue weighted by atomic mass is 32.1. The Labute approximate surface area is 132 Å². The van der Waals surface area contributed by atoms with Gasteiger partial charge in [-0.3, -0.25) is 9.78 Å². The lowest BCUT2D eigenvalue weighted by Gasteiger charge is -2.10. The van der Waals surface area contributed by atoms with Gasteiger partial charge in [-0.2, -0.15) is 0 Å². The summed E-state index contributed by atoms with van der Waals surface area (Å²) >= 11 is 5.03. The molecule has 2 aromatic rings. The molecule has 1 aromatic heterocycles. The highest BCUT2D eigenvalue weighted by molar-refractivity contribution is 7.71. The van der Waals surface area contributed by atoms with Crippen LogP contribution in [-0.2, 0) is 11.2 Å². The Morgan fingerprint density at radius 1 is 1.32 bits per heavy atom. The Kier molecular flexibility index (Phi) is 5.06. The van der Waals surface area contributed by atoms with Crippen LogP contribution in [0.4, 0.5) is 0 Å². The third kappa shape index (κ3) is 3.59. The predicted molar refractivity (Wildman–Crippen MR) is 88.3 cm³/mol. The van der Waals surface area contributed by atoms with E-state index in [2.05, 4.69) is 9.97 Å². The zero-order chi connectivity index (χ0) is 16.1. The highest BCUT2D eigenvalue weighted by Crippen LogP contribution is 2.24. The first-order valence-corrected chi connectivity index (χ1v) is 7.29. The molecule has 0 unspecified atom stereocenters. The van der Waals surface area contributed by atoms with Gasteiger partial charge in [-0.05, 0) is 35.8 Å². The summed E-state index contributed by atoms with van der Waals surface area (Å²) < 4.78 is 0.288. The second-order valence-corrected chi connectivity index (χ2v) is 5.18. The number of aliphatic carboxylic acids is 1. The summed E-state index contributed by atoms with van der Waals surface area (Å²) in [6, 6.07) is 7.17. The maximum Gasteiger partial charge on any atom is 0.328 e. The maximum absolute atomic E-state index is 12.3. The van der Waals surface area contributed by atoms with Gasteiger partial charge in [-0.15, -0.1) is 0 Å². The largest absolute Gasteiger partial charge is 0.478 e. The van der Waals surface area contributed by atoms with Gasteiger partial charge in [0.15, 0.2) is 4.77 Å². The molecule has 2 rings (SSSR count). The van der Waals surface area contributed by atoms with Crippen LogP contribution in [0.3, 0.4) is 0 Å². The highest BCUT2D eigenvalue weighted by Gasteiger charge is 2.13. The Balaban J connectivity index is 2.69. The van der Waals surface area contributed by atoms with Gasteiger partial charge in [0.2, 0.25) is 0 Å². The van der Waals surface area contributed by atoms with E-state index in [1.165, 1.54) is 6.08 Å². The normalized spacial score (nSPS) is 11.0. The van der Waals surface area contributed by atoms with Crippen molar-refractivity contribution in [1.29, 1.82) is 0 Å². The molecule has 5 nitrogen and oxygen atoms in total. The number of aryl methyl sites for hydroxylation is 1. The minimum absolute atomic E-state index is 0.275. The van der Waals surface area contributed by atoms with E-state index in [1.807, 2.05) is 13.0 Å². The van der Waals surface area contributed by atoms with Crippen molar-refractivity contribution < 1.29 is 9.90 Å². The van der Waals surface area contributed by atoms with E-state index in [0.29, 0.717) is 23.1 Å². The summed E-state index contributed by atoms with van der Waals surface area (Å²) in [6.07, 6.45) is 4.07. The zero-order valence-corrected chi connectivity index (χ0v) is 12.9. The molecule has 0 bridgehead atoms. The average molecular weight is 316 g/mol. The molecular weight excluding hydrogens is 300 g/mol. The summed E-state index contributed by atoms with van der Waals surface area (Å²) in [7, 11) is 0. The summed E-state index contributed by atoms with van der Waals surface area (Å²) in [4.78, 5) is 28.7. The zero-order valence-electron chi connectivity index (χ0n) is 12.1. The van der Waals surface area contributed by atoms with Crippen molar-refractivity contribution in [3.05, 3.63) is 56.7 Å². The lowest BCUT2D eigenvalue weighted by molar-refractivity contribution is -0.131. The van der Waals surface area contributed by atoms with Gasteiger partial charge >= 0.3 is 5.97 Å². The molecule has 6 heteroatoms. The van der Waals surface area contributed by atoms with Gasteiger partial charge in [0.25, 0.3) is 5.56 Å². The quantitative estimate of drug-likeness (QED) is 0.584. The van der Waals surface area contributed by atoms with Crippen LogP contribution in [0.5, 0.6) is 0 Å². The van der Waals surface area contributed by atoms with Gasteiger partial charge in [0.05, 0.1) is 5.56 Å². The van der Waals surface area contributed by atoms with E-state index < -0.39 is 5.97 Å². The Morgan fingerprint density at radius 3 is 2.73 bits per heavy atom. The average Bonchev–Trinajstić information content (AvgIpc) is 2.45. The first kappa shape index (κ1) is 15.9. The number of carboxylic acid groups (broad SMARTS) is 1. The molecular formula is C16H16N2O3S. The van der Waals surface area contributed by atoms with Gasteiger partial charge in [0, 0.05) is 11.8 Å². The lowest BCUT2D eigenvalue weighted by Crippen LogP contribution is -2.15. The van der Waals surface area contributed by atoms with Crippen molar-refractivity contribution in [2.75, 3.05) is 0 Å². The SMILES string of the molecule is CCCc1[nH]c(=S)[nH]c(=O)c1-c1ccccc1C=CC(=O)O. The third-order valence-electron chi connectivity index (χ3n) is 3.16. The van der Waals surface area contributed by atoms with E-state index in [-0.39, 0.29) is 10.3 Å². The van der Waals surface area contributed by atoms with Crippen LogP contribution in [0.25, 0.3) is 17.2 Å². The molecule has 0 aliphatic rings. The fourth-order valence-electron chi connectivity index (χ4n) is 2.29. The van der Waals surface area contributed by atoms with Gasteiger partial charge < -0.3 is 10.1 Å². The van der Waals surface area contributed by atoms with E-state index in [4.69, 9.17) is 17.3 Å². The van der Waals surface area contributed by atoms with Crippen LogP contribution in [0.15, 0.2) is 35.1 Å². The first-order valence-electron chi connectivity index (χ1n) is 6.88. The molecule has 114 valence electrons. The summed E-state index contributed by atoms with van der Waals surface area (Å²) in [6.45, 7) is 2.01. The van der Waals surface area contributed by atoms with Crippen molar-refractivity contribution >= 4 is 24.3 Å². The second kappa shape index (κ2) is 7.00. The number of carboxylic acids is 1. The first-order chi connectivity index (χ1) is 10.5. The number of carbonyl (C=O) groups is 1. The van der Waals surface area contributed by atoms with E-state index >= 15 is 0 Å². The molecule has 22 heavy (non-hydrogen) atoms. The fourth-order valence-corrected chi connectivity index (χ4v) is 2.50. The molecule has 0 atom stereocenters. The van der Waals surface area contributed by atoms with Gasteiger partial charge in [0.1, 0.15) is 0 Å². The van der Waals surface area contributed by atoms with Crippen LogP contribution < -0.4 is 5.56 Å². The summed E-state index contributed by atoms with van der Waals surface area (Å²) in [5.74, 6) is -1.04. The van der Waals surface area contributed by atoms with Gasteiger partial charge in [-0.25, -0.2) is 4.79 Å². The van der Waals surface area contributed by atoms with Crippen LogP contribution in [0.2, 0.25) is 0 Å². The molecule has 0 radical (unpaired) electrons. The molecule has 0 spiro atoms. The predicted octanol–water partition coefficient (Wildman–Crippen LogP) is 3.15. The maximum atomic E-state index is 12.3. The van der Waals surface area contributed by atoms with Crippen molar-refractivity contribution in [1.82, 2.24) is 9.97 Å². The smallest absolute Gasteiger partial charge is 0.328 e. The number of H-pyrrole nitrogens is 2. The third-order valence-corrected chi connectivity index (χ3v) is 3.36. The number of aromatic amines is 2. The Morgan fingerprint density at radius 2 is 2.05 bits per heavy atom. The van der Waals surface area contributed by atoms with Crippen molar-refractivity contribution in [3.8, 4) is 11.1 Å². The molecule has 0 saturated carbocycles. The monoisotopic (exact) mass is 316 g/mol. The number of aromatic nitrogens is 2. The number of hydrogen-bond donors (Lipinski definition) is 3. The molecule has 0 aliphatic carbocycles. The molecule has 0 fully saturated rings. The molecule has 1 aromatic carbocycles. The molecule has 0 aliphatic heterocycles. The Bertz CT molecular complexity index is 834. The molecule has 3 N–H and O–H groups in total. The molecule has 1 heterocycles. The van der Waals surface area contributed by atoms with Crippen molar-refractivity contribution in [2.45, 2.75) is 19.8 Å². The van der Waals surface area contributed by atoms with Crippen LogP contribution >= 0.6 is 12.2 Å². The van der Waals surface area contributed by atoms with Crippen LogP contribution in [-0.4, -0.2) is 21.0 Å². The van der Waals surface area contributed by atoms with E-state index in [1.54, 1.807) is 18.2 Å². The number of hydrogen-bond acceptors (Lipinski definition) is 3. The van der Waals surface area contributed by atoms with E-state index in [0.717, 1.165) is 18.2 Å². The number of nitrogens with one attached hydrogen (secondary N) is 2. The number of benzene rings is 1. The fraction of sp³-hybridized carbons (Fsp3) is 0.188.